The van der Waals surface area contributed by atoms with Crippen molar-refractivity contribution < 1.29 is 13.2 Å². The van der Waals surface area contributed by atoms with E-state index >= 15 is 0 Å². The smallest absolute Gasteiger partial charge is 0.241 e. The van der Waals surface area contributed by atoms with Gasteiger partial charge in [-0.2, -0.15) is 0 Å². The predicted octanol–water partition coefficient (Wildman–Crippen LogP) is 3.17. The summed E-state index contributed by atoms with van der Waals surface area (Å²) in [5.74, 6) is 0. The molecule has 5 nitrogen and oxygen atoms in total. The monoisotopic (exact) mass is 356 g/mol. The molecule has 1 heterocycles. The summed E-state index contributed by atoms with van der Waals surface area (Å²) in [4.78, 5) is 4.54. The largest absolute Gasteiger partial charge is 0.380 e. The Morgan fingerprint density at radius 1 is 1.08 bits per heavy atom. The molecule has 0 unspecified atom stereocenters. The van der Waals surface area contributed by atoms with Crippen LogP contribution in [0.2, 0.25) is 0 Å². The van der Waals surface area contributed by atoms with E-state index in [9.17, 15) is 8.42 Å². The van der Waals surface area contributed by atoms with Gasteiger partial charge < -0.3 is 4.74 Å². The molecule has 130 valence electrons. The van der Waals surface area contributed by atoms with Gasteiger partial charge in [-0.3, -0.25) is 4.98 Å². The van der Waals surface area contributed by atoms with E-state index in [1.54, 1.807) is 37.6 Å². The first-order valence-corrected chi connectivity index (χ1v) is 9.40. The summed E-state index contributed by atoms with van der Waals surface area (Å²) in [5, 5.41) is 0.628. The highest BCUT2D eigenvalue weighted by Gasteiger charge is 2.18. The molecule has 1 aromatic heterocycles. The van der Waals surface area contributed by atoms with Crippen LogP contribution in [0, 0.1) is 6.92 Å². The summed E-state index contributed by atoms with van der Waals surface area (Å²) in [5.41, 5.74) is 3.53. The molecular weight excluding hydrogens is 336 g/mol. The van der Waals surface area contributed by atoms with Crippen molar-refractivity contribution in [1.82, 2.24) is 9.71 Å². The second kappa shape index (κ2) is 7.31. The van der Waals surface area contributed by atoms with Crippen LogP contribution in [0.3, 0.4) is 0 Å². The highest BCUT2D eigenvalue weighted by molar-refractivity contribution is 7.89. The van der Waals surface area contributed by atoms with Crippen LogP contribution >= 0.6 is 0 Å². The third-order valence-corrected chi connectivity index (χ3v) is 5.45. The Bertz CT molecular complexity index is 1000. The number of rotatable bonds is 6. The number of hydrogen-bond acceptors (Lipinski definition) is 4. The Balaban J connectivity index is 1.88. The van der Waals surface area contributed by atoms with E-state index in [1.807, 2.05) is 31.2 Å². The van der Waals surface area contributed by atoms with Gasteiger partial charge in [0, 0.05) is 25.2 Å². The third kappa shape index (κ3) is 3.87. The number of benzene rings is 2. The summed E-state index contributed by atoms with van der Waals surface area (Å²) in [7, 11) is -2.02. The Labute approximate surface area is 147 Å². The minimum atomic E-state index is -3.65. The van der Waals surface area contributed by atoms with Gasteiger partial charge in [-0.05, 0) is 41.8 Å². The zero-order valence-electron chi connectivity index (χ0n) is 14.2. The quantitative estimate of drug-likeness (QED) is 0.737. The molecule has 0 aliphatic heterocycles. The van der Waals surface area contributed by atoms with Crippen molar-refractivity contribution in [3.8, 4) is 0 Å². The van der Waals surface area contributed by atoms with Crippen LogP contribution in [0.15, 0.2) is 59.6 Å². The summed E-state index contributed by atoms with van der Waals surface area (Å²) < 4.78 is 33.3. The number of sulfonamides is 1. The number of methoxy groups -OCH3 is 1. The van der Waals surface area contributed by atoms with Crippen molar-refractivity contribution in [2.45, 2.75) is 25.0 Å². The lowest BCUT2D eigenvalue weighted by molar-refractivity contribution is 0.185. The highest BCUT2D eigenvalue weighted by Crippen LogP contribution is 2.24. The molecule has 1 N–H and O–H groups in total. The van der Waals surface area contributed by atoms with Gasteiger partial charge in [-0.25, -0.2) is 13.1 Å². The molecule has 0 saturated heterocycles. The number of hydrogen-bond donors (Lipinski definition) is 1. The molecule has 0 radical (unpaired) electrons. The Morgan fingerprint density at radius 2 is 1.88 bits per heavy atom. The number of fused-ring (bicyclic) bond motifs is 1. The molecular formula is C19H20N2O3S. The summed E-state index contributed by atoms with van der Waals surface area (Å²) in [6.07, 6.45) is 1.67. The second-order valence-corrected chi connectivity index (χ2v) is 7.59. The zero-order chi connectivity index (χ0) is 17.9. The lowest BCUT2D eigenvalue weighted by Crippen LogP contribution is -2.23. The fourth-order valence-electron chi connectivity index (χ4n) is 2.77. The van der Waals surface area contributed by atoms with Crippen molar-refractivity contribution in [3.05, 3.63) is 71.4 Å². The first-order valence-electron chi connectivity index (χ1n) is 7.92. The Morgan fingerprint density at radius 3 is 2.68 bits per heavy atom. The molecule has 3 aromatic rings. The van der Waals surface area contributed by atoms with Crippen molar-refractivity contribution in [1.29, 1.82) is 0 Å². The fourth-order valence-corrected chi connectivity index (χ4v) is 3.99. The average Bonchev–Trinajstić information content (AvgIpc) is 2.61. The van der Waals surface area contributed by atoms with E-state index in [4.69, 9.17) is 4.74 Å². The molecule has 3 rings (SSSR count). The van der Waals surface area contributed by atoms with Crippen LogP contribution in [-0.2, 0) is 27.9 Å². The molecule has 0 aliphatic rings. The lowest BCUT2D eigenvalue weighted by atomic mass is 10.1. The van der Waals surface area contributed by atoms with E-state index in [0.29, 0.717) is 17.5 Å². The molecule has 0 aliphatic carbocycles. The normalized spacial score (nSPS) is 11.8. The van der Waals surface area contributed by atoms with Gasteiger partial charge >= 0.3 is 0 Å². The highest BCUT2D eigenvalue weighted by atomic mass is 32.2. The number of nitrogens with zero attached hydrogens (tertiary/aromatic N) is 1. The van der Waals surface area contributed by atoms with Crippen LogP contribution in [-0.4, -0.2) is 20.5 Å². The van der Waals surface area contributed by atoms with Crippen molar-refractivity contribution in [3.63, 3.8) is 0 Å². The third-order valence-electron chi connectivity index (χ3n) is 3.99. The standard InChI is InChI=1S/C19H20N2O3S/c1-14-8-9-18(17-7-4-10-20-19(14)17)25(22,23)21-12-15-5-3-6-16(11-15)13-24-2/h3-11,21H,12-13H2,1-2H3. The van der Waals surface area contributed by atoms with Crippen molar-refractivity contribution in [2.75, 3.05) is 7.11 Å². The first-order chi connectivity index (χ1) is 12.0. The number of ether oxygens (including phenoxy) is 1. The van der Waals surface area contributed by atoms with Crippen molar-refractivity contribution in [2.24, 2.45) is 0 Å². The predicted molar refractivity (Wildman–Crippen MR) is 97.7 cm³/mol. The van der Waals surface area contributed by atoms with Gasteiger partial charge in [0.2, 0.25) is 10.0 Å². The van der Waals surface area contributed by atoms with Crippen LogP contribution in [0.1, 0.15) is 16.7 Å². The molecule has 0 amide bonds. The van der Waals surface area contributed by atoms with Gasteiger partial charge in [0.25, 0.3) is 0 Å². The molecule has 6 heteroatoms. The molecule has 2 aromatic carbocycles. The zero-order valence-corrected chi connectivity index (χ0v) is 15.0. The number of pyridine rings is 1. The van der Waals surface area contributed by atoms with E-state index in [1.165, 1.54) is 0 Å². The topological polar surface area (TPSA) is 68.3 Å². The van der Waals surface area contributed by atoms with Gasteiger partial charge in [-0.15, -0.1) is 0 Å². The van der Waals surface area contributed by atoms with Gasteiger partial charge in [0.15, 0.2) is 0 Å². The van der Waals surface area contributed by atoms with E-state index in [0.717, 1.165) is 16.7 Å². The maximum atomic E-state index is 12.8. The minimum absolute atomic E-state index is 0.218. The lowest BCUT2D eigenvalue weighted by Gasteiger charge is -2.11. The first kappa shape index (κ1) is 17.5. The van der Waals surface area contributed by atoms with Gasteiger partial charge in [0.05, 0.1) is 17.0 Å². The molecule has 0 spiro atoms. The second-order valence-electron chi connectivity index (χ2n) is 5.86. The van der Waals surface area contributed by atoms with Crippen LogP contribution in [0.4, 0.5) is 0 Å². The van der Waals surface area contributed by atoms with E-state index in [-0.39, 0.29) is 11.4 Å². The SMILES string of the molecule is COCc1cccc(CNS(=O)(=O)c2ccc(C)c3ncccc23)c1. The van der Waals surface area contributed by atoms with Crippen LogP contribution in [0.5, 0.6) is 0 Å². The summed E-state index contributed by atoms with van der Waals surface area (Å²) >= 11 is 0. The molecule has 0 fully saturated rings. The fraction of sp³-hybridized carbons (Fsp3) is 0.211. The van der Waals surface area contributed by atoms with Crippen molar-refractivity contribution >= 4 is 20.9 Å². The summed E-state index contributed by atoms with van der Waals surface area (Å²) in [6, 6.07) is 14.6. The number of aryl methyl sites for hydroxylation is 1. The Kier molecular flexibility index (Phi) is 5.13. The maximum Gasteiger partial charge on any atom is 0.241 e. The minimum Gasteiger partial charge on any atom is -0.380 e. The molecule has 0 bridgehead atoms. The van der Waals surface area contributed by atoms with Gasteiger partial charge in [-0.1, -0.05) is 30.3 Å². The summed E-state index contributed by atoms with van der Waals surface area (Å²) in [6.45, 7) is 2.63. The number of aromatic nitrogens is 1. The average molecular weight is 356 g/mol. The molecule has 25 heavy (non-hydrogen) atoms. The van der Waals surface area contributed by atoms with Gasteiger partial charge in [0.1, 0.15) is 0 Å². The van der Waals surface area contributed by atoms with E-state index in [2.05, 4.69) is 9.71 Å². The van der Waals surface area contributed by atoms with Crippen LogP contribution < -0.4 is 4.72 Å². The molecule has 0 atom stereocenters. The van der Waals surface area contributed by atoms with Crippen LogP contribution in [0.25, 0.3) is 10.9 Å². The maximum absolute atomic E-state index is 12.8. The molecule has 0 saturated carbocycles. The van der Waals surface area contributed by atoms with E-state index < -0.39 is 10.0 Å². The Hall–Kier alpha value is -2.28. The number of nitrogens with one attached hydrogen (secondary N) is 1.